The highest BCUT2D eigenvalue weighted by atomic mass is 16.5. The van der Waals surface area contributed by atoms with Crippen molar-refractivity contribution >= 4 is 5.96 Å². The largest absolute Gasteiger partial charge is 0.381 e. The molecule has 3 aliphatic rings. The van der Waals surface area contributed by atoms with Crippen LogP contribution in [0.1, 0.15) is 32.6 Å². The Labute approximate surface area is 147 Å². The van der Waals surface area contributed by atoms with Gasteiger partial charge >= 0.3 is 0 Å². The lowest BCUT2D eigenvalue weighted by Crippen LogP contribution is -2.58. The van der Waals surface area contributed by atoms with Gasteiger partial charge in [0, 0.05) is 57.5 Å². The van der Waals surface area contributed by atoms with Gasteiger partial charge < -0.3 is 20.3 Å². The maximum Gasteiger partial charge on any atom is 0.191 e. The standard InChI is InChI=1S/C18H35N5O/c1-14-11-23(15-5-6-15)12-16(14)21-17(19-2)20-13-18(22(3)4)7-9-24-10-8-18/h14-16H,5-13H2,1-4H3,(H2,19,20,21). The average Bonchev–Trinajstić information content (AvgIpc) is 3.36. The van der Waals surface area contributed by atoms with E-state index in [-0.39, 0.29) is 5.54 Å². The van der Waals surface area contributed by atoms with Gasteiger partial charge in [-0.05, 0) is 45.7 Å². The van der Waals surface area contributed by atoms with Crippen molar-refractivity contribution in [1.82, 2.24) is 20.4 Å². The minimum absolute atomic E-state index is 0.164. The molecule has 0 amide bonds. The van der Waals surface area contributed by atoms with Crippen molar-refractivity contribution in [1.29, 1.82) is 0 Å². The predicted molar refractivity (Wildman–Crippen MR) is 98.5 cm³/mol. The SMILES string of the molecule is CN=C(NCC1(N(C)C)CCOCC1)NC1CN(C2CC2)CC1C. The highest BCUT2D eigenvalue weighted by Gasteiger charge is 2.39. The van der Waals surface area contributed by atoms with E-state index < -0.39 is 0 Å². The molecule has 0 spiro atoms. The molecule has 1 saturated carbocycles. The predicted octanol–water partition coefficient (Wildman–Crippen LogP) is 0.745. The molecule has 0 aromatic rings. The van der Waals surface area contributed by atoms with Crippen molar-refractivity contribution in [2.45, 2.75) is 50.2 Å². The molecule has 0 bridgehead atoms. The van der Waals surface area contributed by atoms with Crippen LogP contribution in [-0.4, -0.2) is 87.4 Å². The normalized spacial score (nSPS) is 31.5. The number of hydrogen-bond acceptors (Lipinski definition) is 4. The number of nitrogens with one attached hydrogen (secondary N) is 2. The van der Waals surface area contributed by atoms with Crippen molar-refractivity contribution in [3.8, 4) is 0 Å². The van der Waals surface area contributed by atoms with E-state index in [4.69, 9.17) is 4.74 Å². The first-order chi connectivity index (χ1) is 11.5. The number of aliphatic imine (C=N–C) groups is 1. The number of likely N-dealkylation sites (N-methyl/N-ethyl adjacent to an activating group) is 1. The van der Waals surface area contributed by atoms with E-state index in [0.29, 0.717) is 12.0 Å². The number of hydrogen-bond donors (Lipinski definition) is 2. The summed E-state index contributed by atoms with van der Waals surface area (Å²) in [6.45, 7) is 7.34. The first-order valence-corrected chi connectivity index (χ1v) is 9.50. The van der Waals surface area contributed by atoms with Crippen LogP contribution in [0.2, 0.25) is 0 Å². The molecule has 6 heteroatoms. The van der Waals surface area contributed by atoms with Crippen LogP contribution in [0.25, 0.3) is 0 Å². The smallest absolute Gasteiger partial charge is 0.191 e. The lowest BCUT2D eigenvalue weighted by atomic mass is 9.88. The molecular weight excluding hydrogens is 302 g/mol. The van der Waals surface area contributed by atoms with Crippen LogP contribution in [0.15, 0.2) is 4.99 Å². The topological polar surface area (TPSA) is 52.1 Å². The number of nitrogens with zero attached hydrogens (tertiary/aromatic N) is 3. The molecule has 1 aliphatic carbocycles. The Hall–Kier alpha value is -0.850. The molecule has 2 N–H and O–H groups in total. The monoisotopic (exact) mass is 337 g/mol. The fourth-order valence-corrected chi connectivity index (χ4v) is 4.08. The van der Waals surface area contributed by atoms with Crippen molar-refractivity contribution < 1.29 is 4.74 Å². The Balaban J connectivity index is 1.53. The van der Waals surface area contributed by atoms with Gasteiger partial charge in [-0.1, -0.05) is 6.92 Å². The second-order valence-corrected chi connectivity index (χ2v) is 8.07. The van der Waals surface area contributed by atoms with E-state index in [1.165, 1.54) is 19.4 Å². The van der Waals surface area contributed by atoms with Gasteiger partial charge in [-0.2, -0.15) is 0 Å². The maximum absolute atomic E-state index is 5.56. The summed E-state index contributed by atoms with van der Waals surface area (Å²) in [6, 6.07) is 1.36. The molecule has 0 radical (unpaired) electrons. The molecule has 2 aliphatic heterocycles. The zero-order valence-electron chi connectivity index (χ0n) is 15.8. The Bertz CT molecular complexity index is 443. The molecule has 2 saturated heterocycles. The Morgan fingerprint density at radius 3 is 2.54 bits per heavy atom. The van der Waals surface area contributed by atoms with Gasteiger partial charge in [0.2, 0.25) is 0 Å². The average molecular weight is 338 g/mol. The van der Waals surface area contributed by atoms with Crippen molar-refractivity contribution in [2.75, 3.05) is 54.0 Å². The second kappa shape index (κ2) is 7.58. The van der Waals surface area contributed by atoms with E-state index in [1.807, 2.05) is 7.05 Å². The quantitative estimate of drug-likeness (QED) is 0.573. The van der Waals surface area contributed by atoms with Crippen LogP contribution >= 0.6 is 0 Å². The van der Waals surface area contributed by atoms with E-state index >= 15 is 0 Å². The summed E-state index contributed by atoms with van der Waals surface area (Å²) in [7, 11) is 6.23. The van der Waals surface area contributed by atoms with Crippen molar-refractivity contribution in [3.63, 3.8) is 0 Å². The van der Waals surface area contributed by atoms with Gasteiger partial charge in [0.15, 0.2) is 5.96 Å². The first kappa shape index (κ1) is 18.0. The number of likely N-dealkylation sites (tertiary alicyclic amines) is 1. The third-order valence-corrected chi connectivity index (χ3v) is 6.21. The van der Waals surface area contributed by atoms with Gasteiger partial charge in [-0.3, -0.25) is 9.89 Å². The molecule has 0 aromatic heterocycles. The lowest BCUT2D eigenvalue weighted by Gasteiger charge is -2.43. The van der Waals surface area contributed by atoms with Crippen LogP contribution in [0, 0.1) is 5.92 Å². The molecule has 2 heterocycles. The molecule has 0 aromatic carbocycles. The van der Waals surface area contributed by atoms with Gasteiger partial charge in [-0.25, -0.2) is 0 Å². The van der Waals surface area contributed by atoms with Gasteiger partial charge in [-0.15, -0.1) is 0 Å². The van der Waals surface area contributed by atoms with Crippen LogP contribution in [0.4, 0.5) is 0 Å². The molecule has 24 heavy (non-hydrogen) atoms. The number of ether oxygens (including phenoxy) is 1. The van der Waals surface area contributed by atoms with Crippen LogP contribution in [0.5, 0.6) is 0 Å². The summed E-state index contributed by atoms with van der Waals surface area (Å²) in [5.74, 6) is 1.62. The zero-order valence-corrected chi connectivity index (χ0v) is 15.8. The first-order valence-electron chi connectivity index (χ1n) is 9.50. The third-order valence-electron chi connectivity index (χ3n) is 6.21. The van der Waals surface area contributed by atoms with Crippen LogP contribution in [0.3, 0.4) is 0 Å². The molecule has 2 atom stereocenters. The third kappa shape index (κ3) is 4.03. The van der Waals surface area contributed by atoms with E-state index in [9.17, 15) is 0 Å². The fraction of sp³-hybridized carbons (Fsp3) is 0.944. The van der Waals surface area contributed by atoms with Crippen LogP contribution in [-0.2, 0) is 4.74 Å². The Morgan fingerprint density at radius 1 is 1.25 bits per heavy atom. The summed E-state index contributed by atoms with van der Waals surface area (Å²) < 4.78 is 5.56. The van der Waals surface area contributed by atoms with Crippen molar-refractivity contribution in [2.24, 2.45) is 10.9 Å². The zero-order chi connectivity index (χ0) is 17.2. The van der Waals surface area contributed by atoms with Crippen molar-refractivity contribution in [3.05, 3.63) is 0 Å². The summed E-state index contributed by atoms with van der Waals surface area (Å²) in [6.07, 6.45) is 4.91. The fourth-order valence-electron chi connectivity index (χ4n) is 4.08. The minimum Gasteiger partial charge on any atom is -0.381 e. The van der Waals surface area contributed by atoms with Crippen LogP contribution < -0.4 is 10.6 Å². The molecule has 3 rings (SSSR count). The number of rotatable bonds is 5. The molecule has 2 unspecified atom stereocenters. The van der Waals surface area contributed by atoms with Gasteiger partial charge in [0.05, 0.1) is 0 Å². The molecule has 6 nitrogen and oxygen atoms in total. The molecular formula is C18H35N5O. The summed E-state index contributed by atoms with van der Waals surface area (Å²) >= 11 is 0. The van der Waals surface area contributed by atoms with Gasteiger partial charge in [0.1, 0.15) is 0 Å². The lowest BCUT2D eigenvalue weighted by molar-refractivity contribution is -0.00503. The van der Waals surface area contributed by atoms with E-state index in [2.05, 4.69) is 46.4 Å². The maximum atomic E-state index is 5.56. The summed E-state index contributed by atoms with van der Waals surface area (Å²) in [5.41, 5.74) is 0.164. The molecule has 138 valence electrons. The Kier molecular flexibility index (Phi) is 5.67. The van der Waals surface area contributed by atoms with E-state index in [0.717, 1.165) is 51.1 Å². The number of guanidine groups is 1. The minimum atomic E-state index is 0.164. The summed E-state index contributed by atoms with van der Waals surface area (Å²) in [5, 5.41) is 7.26. The Morgan fingerprint density at radius 2 is 1.96 bits per heavy atom. The highest BCUT2D eigenvalue weighted by molar-refractivity contribution is 5.80. The highest BCUT2D eigenvalue weighted by Crippen LogP contribution is 2.31. The van der Waals surface area contributed by atoms with E-state index in [1.54, 1.807) is 0 Å². The molecule has 3 fully saturated rings. The second-order valence-electron chi connectivity index (χ2n) is 8.07. The van der Waals surface area contributed by atoms with Gasteiger partial charge in [0.25, 0.3) is 0 Å². The summed E-state index contributed by atoms with van der Waals surface area (Å²) in [4.78, 5) is 9.47.